The van der Waals surface area contributed by atoms with Gasteiger partial charge in [-0.3, -0.25) is 14.2 Å². The lowest BCUT2D eigenvalue weighted by molar-refractivity contribution is -0.113. The Labute approximate surface area is 205 Å². The van der Waals surface area contributed by atoms with Crippen LogP contribution in [0.4, 0.5) is 10.1 Å². The van der Waals surface area contributed by atoms with Crippen molar-refractivity contribution in [2.75, 3.05) is 24.5 Å². The molecule has 0 spiro atoms. The number of thioether (sulfide) groups is 1. The number of ether oxygens (including phenoxy) is 3. The quantitative estimate of drug-likeness (QED) is 0.368. The van der Waals surface area contributed by atoms with Crippen molar-refractivity contribution in [3.05, 3.63) is 47.8 Å². The molecule has 1 atom stereocenters. The predicted molar refractivity (Wildman–Crippen MR) is 126 cm³/mol. The number of amides is 1. The summed E-state index contributed by atoms with van der Waals surface area (Å²) in [5.41, 5.74) is 1.42. The maximum atomic E-state index is 13.4. The Kier molecular flexibility index (Phi) is 6.69. The number of Topliss-reactive ketones (excluding diaryl/α,β-unsaturated/α-hetero) is 1. The fourth-order valence-electron chi connectivity index (χ4n) is 4.02. The van der Waals surface area contributed by atoms with Crippen molar-refractivity contribution in [2.45, 2.75) is 37.6 Å². The van der Waals surface area contributed by atoms with Crippen molar-refractivity contribution in [1.82, 2.24) is 14.8 Å². The SMILES string of the molecule is CC(=O)c1cc2c(cc1NC(=O)CSc1nnc(-c3ccc(F)cc3)n1CC1CCCO1)OCO2. The van der Waals surface area contributed by atoms with Crippen molar-refractivity contribution in [1.29, 1.82) is 0 Å². The largest absolute Gasteiger partial charge is 0.454 e. The van der Waals surface area contributed by atoms with Gasteiger partial charge in [-0.05, 0) is 50.1 Å². The van der Waals surface area contributed by atoms with E-state index in [1.807, 2.05) is 4.57 Å². The predicted octanol–water partition coefficient (Wildman–Crippen LogP) is 3.93. The first kappa shape index (κ1) is 23.3. The first-order valence-electron chi connectivity index (χ1n) is 11.2. The van der Waals surface area contributed by atoms with Gasteiger partial charge in [-0.25, -0.2) is 4.39 Å². The average Bonchev–Trinajstić information content (AvgIpc) is 3.59. The van der Waals surface area contributed by atoms with Gasteiger partial charge >= 0.3 is 0 Å². The van der Waals surface area contributed by atoms with E-state index in [1.54, 1.807) is 24.3 Å². The zero-order valence-electron chi connectivity index (χ0n) is 19.0. The van der Waals surface area contributed by atoms with Gasteiger partial charge < -0.3 is 19.5 Å². The second-order valence-electron chi connectivity index (χ2n) is 8.20. The van der Waals surface area contributed by atoms with Gasteiger partial charge in [0.05, 0.1) is 24.1 Å². The molecule has 0 radical (unpaired) electrons. The molecule has 3 heterocycles. The zero-order chi connectivity index (χ0) is 24.4. The van der Waals surface area contributed by atoms with Gasteiger partial charge in [0.2, 0.25) is 12.7 Å². The van der Waals surface area contributed by atoms with Crippen LogP contribution in [-0.2, 0) is 16.1 Å². The van der Waals surface area contributed by atoms with Crippen LogP contribution in [0, 0.1) is 5.82 Å². The number of hydrogen-bond acceptors (Lipinski definition) is 8. The molecule has 182 valence electrons. The lowest BCUT2D eigenvalue weighted by atomic mass is 10.1. The standard InChI is InChI=1S/C24H23FN4O5S/c1-14(30)18-9-20-21(34-13-33-20)10-19(18)26-22(31)12-35-24-28-27-23(15-4-6-16(25)7-5-15)29(24)11-17-3-2-8-32-17/h4-7,9-10,17H,2-3,8,11-13H2,1H3,(H,26,31). The van der Waals surface area contributed by atoms with Crippen LogP contribution in [0.2, 0.25) is 0 Å². The van der Waals surface area contributed by atoms with Crippen LogP contribution in [0.15, 0.2) is 41.6 Å². The number of nitrogens with one attached hydrogen (secondary N) is 1. The molecule has 9 nitrogen and oxygen atoms in total. The Balaban J connectivity index is 1.33. The Hall–Kier alpha value is -3.44. The number of aromatic nitrogens is 3. The van der Waals surface area contributed by atoms with E-state index >= 15 is 0 Å². The summed E-state index contributed by atoms with van der Waals surface area (Å²) < 4.78 is 31.8. The second kappa shape index (κ2) is 10.0. The molecule has 1 N–H and O–H groups in total. The maximum Gasteiger partial charge on any atom is 0.234 e. The summed E-state index contributed by atoms with van der Waals surface area (Å²) in [6.07, 6.45) is 1.92. The van der Waals surface area contributed by atoms with Crippen molar-refractivity contribution in [3.63, 3.8) is 0 Å². The fraction of sp³-hybridized carbons (Fsp3) is 0.333. The summed E-state index contributed by atoms with van der Waals surface area (Å²) in [5, 5.41) is 11.9. The van der Waals surface area contributed by atoms with Crippen molar-refractivity contribution < 1.29 is 28.2 Å². The average molecular weight is 499 g/mol. The molecule has 1 aromatic heterocycles. The Morgan fingerprint density at radius 1 is 1.17 bits per heavy atom. The highest BCUT2D eigenvalue weighted by Gasteiger charge is 2.24. The molecule has 3 aromatic rings. The number of ketones is 1. The van der Waals surface area contributed by atoms with Gasteiger partial charge in [-0.15, -0.1) is 10.2 Å². The third kappa shape index (κ3) is 5.15. The number of nitrogens with zero attached hydrogens (tertiary/aromatic N) is 3. The summed E-state index contributed by atoms with van der Waals surface area (Å²) in [6, 6.07) is 9.21. The van der Waals surface area contributed by atoms with Gasteiger partial charge in [-0.2, -0.15) is 0 Å². The first-order chi connectivity index (χ1) is 17.0. The number of hydrogen-bond donors (Lipinski definition) is 1. The summed E-state index contributed by atoms with van der Waals surface area (Å²) >= 11 is 1.22. The van der Waals surface area contributed by atoms with Gasteiger partial charge in [0, 0.05) is 23.8 Å². The Morgan fingerprint density at radius 2 is 1.94 bits per heavy atom. The van der Waals surface area contributed by atoms with Gasteiger partial charge in [0.25, 0.3) is 0 Å². The molecule has 0 aliphatic carbocycles. The van der Waals surface area contributed by atoms with Crippen molar-refractivity contribution >= 4 is 29.1 Å². The van der Waals surface area contributed by atoms with Gasteiger partial charge in [0.15, 0.2) is 28.3 Å². The van der Waals surface area contributed by atoms with E-state index in [-0.39, 0.29) is 36.2 Å². The van der Waals surface area contributed by atoms with E-state index in [0.717, 1.165) is 18.4 Å². The third-order valence-corrected chi connectivity index (χ3v) is 6.69. The fourth-order valence-corrected chi connectivity index (χ4v) is 4.77. The van der Waals surface area contributed by atoms with Crippen molar-refractivity contribution in [3.8, 4) is 22.9 Å². The van der Waals surface area contributed by atoms with E-state index in [0.29, 0.717) is 46.9 Å². The van der Waals surface area contributed by atoms with E-state index in [2.05, 4.69) is 15.5 Å². The molecule has 1 unspecified atom stereocenters. The van der Waals surface area contributed by atoms with Crippen molar-refractivity contribution in [2.24, 2.45) is 0 Å². The zero-order valence-corrected chi connectivity index (χ0v) is 19.8. The molecule has 2 aromatic carbocycles. The lowest BCUT2D eigenvalue weighted by Gasteiger charge is -2.15. The molecule has 0 saturated carbocycles. The second-order valence-corrected chi connectivity index (χ2v) is 9.15. The molecule has 1 saturated heterocycles. The number of carbonyl (C=O) groups is 2. The Bertz CT molecular complexity index is 1260. The summed E-state index contributed by atoms with van der Waals surface area (Å²) in [7, 11) is 0. The van der Waals surface area contributed by atoms with Crippen LogP contribution in [0.3, 0.4) is 0 Å². The number of anilines is 1. The van der Waals surface area contributed by atoms with E-state index < -0.39 is 0 Å². The summed E-state index contributed by atoms with van der Waals surface area (Å²) in [5.74, 6) is 0.713. The minimum atomic E-state index is -0.335. The molecule has 1 fully saturated rings. The monoisotopic (exact) mass is 498 g/mol. The highest BCUT2D eigenvalue weighted by Crippen LogP contribution is 2.37. The molecular formula is C24H23FN4O5S. The minimum absolute atomic E-state index is 0.0186. The number of halogens is 1. The smallest absolute Gasteiger partial charge is 0.234 e. The lowest BCUT2D eigenvalue weighted by Crippen LogP contribution is -2.19. The summed E-state index contributed by atoms with van der Waals surface area (Å²) in [4.78, 5) is 24.9. The molecule has 1 amide bonds. The van der Waals surface area contributed by atoms with Crippen LogP contribution in [0.1, 0.15) is 30.1 Å². The molecule has 2 aliphatic rings. The van der Waals surface area contributed by atoms with Crippen LogP contribution in [0.5, 0.6) is 11.5 Å². The Morgan fingerprint density at radius 3 is 2.66 bits per heavy atom. The van der Waals surface area contributed by atoms with Gasteiger partial charge in [0.1, 0.15) is 5.82 Å². The minimum Gasteiger partial charge on any atom is -0.454 e. The van der Waals surface area contributed by atoms with Crippen LogP contribution in [0.25, 0.3) is 11.4 Å². The van der Waals surface area contributed by atoms with Crippen LogP contribution < -0.4 is 14.8 Å². The molecule has 2 aliphatic heterocycles. The number of rotatable bonds is 8. The number of fused-ring (bicyclic) bond motifs is 1. The van der Waals surface area contributed by atoms with E-state index in [4.69, 9.17) is 14.2 Å². The van der Waals surface area contributed by atoms with Gasteiger partial charge in [-0.1, -0.05) is 11.8 Å². The first-order valence-corrected chi connectivity index (χ1v) is 12.1. The highest BCUT2D eigenvalue weighted by molar-refractivity contribution is 7.99. The number of carbonyl (C=O) groups excluding carboxylic acids is 2. The highest BCUT2D eigenvalue weighted by atomic mass is 32.2. The maximum absolute atomic E-state index is 13.4. The molecular weight excluding hydrogens is 475 g/mol. The molecule has 0 bridgehead atoms. The normalized spacial score (nSPS) is 16.5. The third-order valence-electron chi connectivity index (χ3n) is 5.73. The van der Waals surface area contributed by atoms with E-state index in [9.17, 15) is 14.0 Å². The summed E-state index contributed by atoms with van der Waals surface area (Å²) in [6.45, 7) is 2.72. The molecule has 35 heavy (non-hydrogen) atoms. The molecule has 5 rings (SSSR count). The van der Waals surface area contributed by atoms with Crippen LogP contribution in [-0.4, -0.2) is 51.7 Å². The van der Waals surface area contributed by atoms with Crippen LogP contribution >= 0.6 is 11.8 Å². The molecule has 11 heteroatoms. The number of benzene rings is 2. The topological polar surface area (TPSA) is 105 Å². The van der Waals surface area contributed by atoms with E-state index in [1.165, 1.54) is 30.8 Å².